The monoisotopic (exact) mass is 463 g/mol. The Morgan fingerprint density at radius 2 is 2.06 bits per heavy atom. The summed E-state index contributed by atoms with van der Waals surface area (Å²) in [5.74, 6) is 1.48. The Balaban J connectivity index is 1.39. The molecule has 0 bridgehead atoms. The highest BCUT2D eigenvalue weighted by Crippen LogP contribution is 2.36. The highest BCUT2D eigenvalue weighted by Gasteiger charge is 2.27. The van der Waals surface area contributed by atoms with Crippen LogP contribution in [0, 0.1) is 5.92 Å². The quantitative estimate of drug-likeness (QED) is 0.462. The van der Waals surface area contributed by atoms with Crippen molar-refractivity contribution in [2.45, 2.75) is 69.9 Å². The van der Waals surface area contributed by atoms with Crippen molar-refractivity contribution in [2.24, 2.45) is 5.92 Å². The van der Waals surface area contributed by atoms with Crippen molar-refractivity contribution in [3.05, 3.63) is 20.8 Å². The van der Waals surface area contributed by atoms with Gasteiger partial charge in [-0.15, -0.1) is 11.3 Å². The van der Waals surface area contributed by atoms with Crippen molar-refractivity contribution in [3.63, 3.8) is 0 Å². The van der Waals surface area contributed by atoms with Gasteiger partial charge in [-0.2, -0.15) is 0 Å². The fraction of sp³-hybridized carbons (Fsp3) is 0.739. The fourth-order valence-corrected chi connectivity index (χ4v) is 7.37. The molecular formula is C23H33N3O3S2. The molecule has 1 aliphatic carbocycles. The number of aromatic nitrogens is 2. The minimum atomic E-state index is 0.121. The number of rotatable bonds is 7. The second-order valence-corrected chi connectivity index (χ2v) is 11.5. The summed E-state index contributed by atoms with van der Waals surface area (Å²) < 4.78 is 13.8. The third-order valence-corrected chi connectivity index (χ3v) is 8.74. The molecule has 6 nitrogen and oxygen atoms in total. The second kappa shape index (κ2) is 9.51. The first-order valence-corrected chi connectivity index (χ1v) is 13.5. The first kappa shape index (κ1) is 21.9. The summed E-state index contributed by atoms with van der Waals surface area (Å²) in [5, 5.41) is 1.70. The van der Waals surface area contributed by atoms with Crippen LogP contribution in [0.5, 0.6) is 0 Å². The highest BCUT2D eigenvalue weighted by atomic mass is 32.2. The largest absolute Gasteiger partial charge is 0.376 e. The number of hydrogen-bond donors (Lipinski definition) is 0. The average Bonchev–Trinajstić information content (AvgIpc) is 3.46. The molecule has 170 valence electrons. The van der Waals surface area contributed by atoms with Crippen molar-refractivity contribution in [2.75, 3.05) is 38.6 Å². The predicted octanol–water partition coefficient (Wildman–Crippen LogP) is 3.57. The lowest BCUT2D eigenvalue weighted by Crippen LogP contribution is -2.45. The first-order chi connectivity index (χ1) is 15.1. The Morgan fingerprint density at radius 3 is 2.87 bits per heavy atom. The van der Waals surface area contributed by atoms with Crippen LogP contribution in [0.3, 0.4) is 0 Å². The maximum atomic E-state index is 13.6. The normalized spacial score (nSPS) is 24.5. The van der Waals surface area contributed by atoms with Gasteiger partial charge in [0.25, 0.3) is 5.56 Å². The van der Waals surface area contributed by atoms with Crippen LogP contribution in [0.15, 0.2) is 9.95 Å². The molecule has 8 heteroatoms. The van der Waals surface area contributed by atoms with E-state index in [9.17, 15) is 4.79 Å². The van der Waals surface area contributed by atoms with Crippen LogP contribution in [0.1, 0.15) is 43.6 Å². The molecule has 0 radical (unpaired) electrons. The zero-order chi connectivity index (χ0) is 21.4. The molecule has 2 aromatic rings. The smallest absolute Gasteiger partial charge is 0.263 e. The average molecular weight is 464 g/mol. The number of morpholine rings is 1. The van der Waals surface area contributed by atoms with Crippen LogP contribution < -0.4 is 5.56 Å². The van der Waals surface area contributed by atoms with Gasteiger partial charge in [-0.05, 0) is 43.6 Å². The van der Waals surface area contributed by atoms with E-state index in [1.807, 2.05) is 4.57 Å². The molecular weight excluding hydrogens is 430 g/mol. The van der Waals surface area contributed by atoms with E-state index in [2.05, 4.69) is 18.7 Å². The Bertz CT molecular complexity index is 981. The molecule has 3 aliphatic rings. The van der Waals surface area contributed by atoms with Gasteiger partial charge in [0.2, 0.25) is 0 Å². The second-order valence-electron chi connectivity index (χ2n) is 9.44. The van der Waals surface area contributed by atoms with Crippen molar-refractivity contribution in [1.82, 2.24) is 14.5 Å². The van der Waals surface area contributed by atoms with Gasteiger partial charge in [0.15, 0.2) is 5.16 Å². The van der Waals surface area contributed by atoms with Gasteiger partial charge >= 0.3 is 0 Å². The molecule has 2 aliphatic heterocycles. The first-order valence-electron chi connectivity index (χ1n) is 11.7. The number of fused-ring (bicyclic) bond motifs is 3. The van der Waals surface area contributed by atoms with E-state index in [0.29, 0.717) is 12.5 Å². The lowest BCUT2D eigenvalue weighted by Gasteiger charge is -2.33. The van der Waals surface area contributed by atoms with E-state index in [-0.39, 0.29) is 17.8 Å². The fourth-order valence-electron chi connectivity index (χ4n) is 5.05. The number of ether oxygens (including phenoxy) is 2. The van der Waals surface area contributed by atoms with Crippen molar-refractivity contribution in [3.8, 4) is 0 Å². The van der Waals surface area contributed by atoms with Gasteiger partial charge in [0.05, 0.1) is 30.7 Å². The Hall–Kier alpha value is -0.930. The molecule has 0 amide bonds. The summed E-state index contributed by atoms with van der Waals surface area (Å²) in [6.07, 6.45) is 5.65. The minimum absolute atomic E-state index is 0.121. The van der Waals surface area contributed by atoms with E-state index in [0.717, 1.165) is 86.1 Å². The Kier molecular flexibility index (Phi) is 6.72. The molecule has 0 aromatic carbocycles. The molecule has 5 rings (SSSR count). The van der Waals surface area contributed by atoms with E-state index in [1.54, 1.807) is 23.1 Å². The van der Waals surface area contributed by atoms with Gasteiger partial charge in [-0.25, -0.2) is 4.98 Å². The van der Waals surface area contributed by atoms with E-state index in [4.69, 9.17) is 14.5 Å². The molecule has 2 fully saturated rings. The summed E-state index contributed by atoms with van der Waals surface area (Å²) in [5.41, 5.74) is 1.39. The molecule has 2 atom stereocenters. The lowest BCUT2D eigenvalue weighted by molar-refractivity contribution is -0.0191. The summed E-state index contributed by atoms with van der Waals surface area (Å²) in [6.45, 7) is 9.79. The molecule has 0 spiro atoms. The number of thiophene rings is 1. The SMILES string of the molecule is CC(C)CN1CCOC(CSc2nc3sc4c(c3c(=O)n2CC2CCCO2)CCC4)C1. The van der Waals surface area contributed by atoms with E-state index in [1.165, 1.54) is 10.4 Å². The standard InChI is InChI=1S/C23H33N3O3S2/c1-15(2)11-25-8-10-29-17(12-25)14-30-23-24-21-20(18-6-3-7-19(18)31-21)22(27)26(23)13-16-5-4-9-28-16/h15-17H,3-14H2,1-2H3. The third kappa shape index (κ3) is 4.74. The molecule has 0 saturated carbocycles. The van der Waals surface area contributed by atoms with Crippen LogP contribution in [-0.4, -0.2) is 65.3 Å². The van der Waals surface area contributed by atoms with Crippen LogP contribution >= 0.6 is 23.1 Å². The third-order valence-electron chi connectivity index (χ3n) is 6.44. The van der Waals surface area contributed by atoms with Gasteiger partial charge in [-0.1, -0.05) is 25.6 Å². The topological polar surface area (TPSA) is 56.6 Å². The highest BCUT2D eigenvalue weighted by molar-refractivity contribution is 7.99. The van der Waals surface area contributed by atoms with Crippen LogP contribution in [0.25, 0.3) is 10.2 Å². The van der Waals surface area contributed by atoms with Crippen molar-refractivity contribution < 1.29 is 9.47 Å². The zero-order valence-electron chi connectivity index (χ0n) is 18.6. The molecule has 2 aromatic heterocycles. The number of hydrogen-bond acceptors (Lipinski definition) is 7. The summed E-state index contributed by atoms with van der Waals surface area (Å²) in [4.78, 5) is 23.4. The van der Waals surface area contributed by atoms with Gasteiger partial charge in [-0.3, -0.25) is 14.3 Å². The molecule has 2 saturated heterocycles. The van der Waals surface area contributed by atoms with Crippen LogP contribution in [-0.2, 0) is 28.9 Å². The Morgan fingerprint density at radius 1 is 1.19 bits per heavy atom. The van der Waals surface area contributed by atoms with Crippen molar-refractivity contribution in [1.29, 1.82) is 0 Å². The van der Waals surface area contributed by atoms with Crippen LogP contribution in [0.4, 0.5) is 0 Å². The van der Waals surface area contributed by atoms with Crippen molar-refractivity contribution >= 4 is 33.3 Å². The lowest BCUT2D eigenvalue weighted by atomic mass is 10.2. The van der Waals surface area contributed by atoms with E-state index >= 15 is 0 Å². The maximum absolute atomic E-state index is 13.6. The Labute approximate surface area is 192 Å². The molecule has 2 unspecified atom stereocenters. The maximum Gasteiger partial charge on any atom is 0.263 e. The molecule has 0 N–H and O–H groups in total. The minimum Gasteiger partial charge on any atom is -0.376 e. The van der Waals surface area contributed by atoms with E-state index < -0.39 is 0 Å². The predicted molar refractivity (Wildman–Crippen MR) is 127 cm³/mol. The van der Waals surface area contributed by atoms with Gasteiger partial charge in [0, 0.05) is 36.9 Å². The van der Waals surface area contributed by atoms with Crippen LogP contribution in [0.2, 0.25) is 0 Å². The molecule has 4 heterocycles. The number of aryl methyl sites for hydroxylation is 2. The number of nitrogens with zero attached hydrogens (tertiary/aromatic N) is 3. The number of thioether (sulfide) groups is 1. The molecule has 31 heavy (non-hydrogen) atoms. The summed E-state index contributed by atoms with van der Waals surface area (Å²) >= 11 is 3.41. The zero-order valence-corrected chi connectivity index (χ0v) is 20.2. The summed E-state index contributed by atoms with van der Waals surface area (Å²) in [6, 6.07) is 0. The summed E-state index contributed by atoms with van der Waals surface area (Å²) in [7, 11) is 0. The van der Waals surface area contributed by atoms with Gasteiger partial charge < -0.3 is 9.47 Å². The van der Waals surface area contributed by atoms with Gasteiger partial charge in [0.1, 0.15) is 4.83 Å².